The van der Waals surface area contributed by atoms with Gasteiger partial charge in [0.25, 0.3) is 0 Å². The molecule has 1 atom stereocenters. The minimum Gasteiger partial charge on any atom is -0.755 e. The molecule has 2 heterocycles. The molecule has 2 amide bonds. The predicted octanol–water partition coefficient (Wildman–Crippen LogP) is 6.46. The molecule has 1 saturated heterocycles. The number of fused-ring (bicyclic) bond motifs is 1. The summed E-state index contributed by atoms with van der Waals surface area (Å²) in [5.74, 6) is 1.78. The zero-order chi connectivity index (χ0) is 42.3. The van der Waals surface area contributed by atoms with E-state index in [9.17, 15) is 22.0 Å². The molecule has 5 aromatic rings. The van der Waals surface area contributed by atoms with Crippen molar-refractivity contribution in [3.8, 4) is 23.0 Å². The number of likely N-dealkylation sites (N-methyl/N-ethyl adjacent to an activating group) is 1. The average molecular weight is 846 g/mol. The maximum atomic E-state index is 13.5. The van der Waals surface area contributed by atoms with E-state index in [-0.39, 0.29) is 33.2 Å². The number of sulfonamides is 1. The van der Waals surface area contributed by atoms with Gasteiger partial charge in [0.1, 0.15) is 28.0 Å². The number of hydrogen-bond acceptors (Lipinski definition) is 12. The third-order valence-corrected chi connectivity index (χ3v) is 12.0. The molecule has 18 heteroatoms. The SMILES string of the molecule is COc1cc(Nc2cc(Oc3ccc(NC(=O)Nc4cc(C(C)(C)C)cc(NS(=O)[O-])c4OC)c4ccccc34)ccn2)ccc1S(=O)(=O)N(C)CCN1CCNCC1. The van der Waals surface area contributed by atoms with Crippen LogP contribution in [0.5, 0.6) is 23.0 Å². The van der Waals surface area contributed by atoms with Gasteiger partial charge >= 0.3 is 6.03 Å². The lowest BCUT2D eigenvalue weighted by Gasteiger charge is -2.29. The second-order valence-corrected chi connectivity index (χ2v) is 17.5. The largest absolute Gasteiger partial charge is 0.755 e. The number of pyridine rings is 1. The summed E-state index contributed by atoms with van der Waals surface area (Å²) in [5, 5.41) is 13.6. The van der Waals surface area contributed by atoms with Crippen LogP contribution in [-0.2, 0) is 26.7 Å². The number of piperazine rings is 1. The molecule has 1 aromatic heterocycles. The van der Waals surface area contributed by atoms with Crippen molar-refractivity contribution in [1.82, 2.24) is 19.5 Å². The lowest BCUT2D eigenvalue weighted by Crippen LogP contribution is -2.46. The van der Waals surface area contributed by atoms with Gasteiger partial charge in [-0.3, -0.25) is 9.11 Å². The molecule has 0 saturated carbocycles. The van der Waals surface area contributed by atoms with Crippen LogP contribution in [0.15, 0.2) is 90.0 Å². The Morgan fingerprint density at radius 3 is 2.32 bits per heavy atom. The Balaban J connectivity index is 1.17. The van der Waals surface area contributed by atoms with Crippen LogP contribution in [0.2, 0.25) is 0 Å². The number of carbonyl (C=O) groups is 1. The number of anilines is 5. The van der Waals surface area contributed by atoms with Gasteiger partial charge in [0.15, 0.2) is 5.75 Å². The average Bonchev–Trinajstić information content (AvgIpc) is 3.20. The number of benzene rings is 4. The Morgan fingerprint density at radius 2 is 1.63 bits per heavy atom. The molecular weight excluding hydrogens is 797 g/mol. The van der Waals surface area contributed by atoms with Crippen molar-refractivity contribution in [1.29, 1.82) is 0 Å². The van der Waals surface area contributed by atoms with Crippen LogP contribution in [0.25, 0.3) is 10.8 Å². The smallest absolute Gasteiger partial charge is 0.323 e. The highest BCUT2D eigenvalue weighted by Gasteiger charge is 2.26. The lowest BCUT2D eigenvalue weighted by atomic mass is 9.86. The first-order valence-electron chi connectivity index (χ1n) is 18.8. The van der Waals surface area contributed by atoms with Crippen LogP contribution in [0.4, 0.5) is 33.4 Å². The minimum atomic E-state index is -3.82. The van der Waals surface area contributed by atoms with Crippen LogP contribution >= 0.6 is 0 Å². The van der Waals surface area contributed by atoms with Crippen LogP contribution in [0.3, 0.4) is 0 Å². The van der Waals surface area contributed by atoms with Crippen LogP contribution in [-0.4, -0.2) is 97.9 Å². The summed E-state index contributed by atoms with van der Waals surface area (Å²) >= 11 is -2.62. The van der Waals surface area contributed by atoms with Gasteiger partial charge in [0.2, 0.25) is 10.0 Å². The van der Waals surface area contributed by atoms with Crippen molar-refractivity contribution in [3.05, 3.63) is 90.6 Å². The number of urea groups is 1. The molecule has 6 rings (SSSR count). The Labute approximate surface area is 347 Å². The van der Waals surface area contributed by atoms with Crippen LogP contribution < -0.4 is 40.2 Å². The molecular formula is C41H49N8O8S2-. The zero-order valence-corrected chi connectivity index (χ0v) is 35.4. The van der Waals surface area contributed by atoms with Crippen molar-refractivity contribution in [2.75, 3.05) is 81.2 Å². The molecule has 1 aliphatic rings. The first-order chi connectivity index (χ1) is 28.2. The maximum absolute atomic E-state index is 13.5. The molecule has 4 aromatic carbocycles. The molecule has 1 fully saturated rings. The van der Waals surface area contributed by atoms with Crippen LogP contribution in [0, 0.1) is 0 Å². The summed E-state index contributed by atoms with van der Waals surface area (Å²) in [5.41, 5.74) is 1.92. The topological polar surface area (TPSA) is 199 Å². The molecule has 16 nitrogen and oxygen atoms in total. The molecule has 0 aliphatic carbocycles. The lowest BCUT2D eigenvalue weighted by molar-refractivity contribution is 0.229. The van der Waals surface area contributed by atoms with Crippen LogP contribution in [0.1, 0.15) is 26.3 Å². The second kappa shape index (κ2) is 18.6. The number of methoxy groups -OCH3 is 2. The summed E-state index contributed by atoms with van der Waals surface area (Å²) in [7, 11) is 0.579. The number of ether oxygens (including phenoxy) is 3. The molecule has 5 N–H and O–H groups in total. The quantitative estimate of drug-likeness (QED) is 0.0722. The fourth-order valence-corrected chi connectivity index (χ4v) is 8.19. The maximum Gasteiger partial charge on any atom is 0.323 e. The van der Waals surface area contributed by atoms with Crippen molar-refractivity contribution in [2.24, 2.45) is 0 Å². The van der Waals surface area contributed by atoms with Gasteiger partial charge in [-0.15, -0.1) is 0 Å². The minimum absolute atomic E-state index is 0.0659. The van der Waals surface area contributed by atoms with E-state index in [2.05, 4.69) is 35.9 Å². The van der Waals surface area contributed by atoms with Crippen molar-refractivity contribution < 1.29 is 36.2 Å². The number of carbonyl (C=O) groups excluding carboxylic acids is 1. The van der Waals surface area contributed by atoms with E-state index in [0.717, 1.165) is 31.7 Å². The molecule has 1 aliphatic heterocycles. The fraction of sp³-hybridized carbons (Fsp3) is 0.317. The Hall–Kier alpha value is -5.50. The normalized spacial score (nSPS) is 14.1. The van der Waals surface area contributed by atoms with E-state index in [0.29, 0.717) is 52.6 Å². The Morgan fingerprint density at radius 1 is 0.915 bits per heavy atom. The summed E-state index contributed by atoms with van der Waals surface area (Å²) in [6.07, 6.45) is 1.59. The predicted molar refractivity (Wildman–Crippen MR) is 231 cm³/mol. The Bertz CT molecular complexity index is 2440. The molecule has 0 spiro atoms. The van der Waals surface area contributed by atoms with Gasteiger partial charge < -0.3 is 44.8 Å². The van der Waals surface area contributed by atoms with Crippen molar-refractivity contribution >= 4 is 66.7 Å². The fourth-order valence-electron chi connectivity index (χ4n) is 6.57. The van der Waals surface area contributed by atoms with E-state index in [1.165, 1.54) is 24.6 Å². The van der Waals surface area contributed by atoms with E-state index in [1.807, 2.05) is 45.0 Å². The highest BCUT2D eigenvalue weighted by molar-refractivity contribution is 7.89. The number of nitrogens with zero attached hydrogens (tertiary/aromatic N) is 3. The monoisotopic (exact) mass is 845 g/mol. The number of hydrogen-bond donors (Lipinski definition) is 5. The Kier molecular flexibility index (Phi) is 13.6. The highest BCUT2D eigenvalue weighted by Crippen LogP contribution is 2.40. The molecule has 1 unspecified atom stereocenters. The van der Waals surface area contributed by atoms with Gasteiger partial charge in [0, 0.05) is 92.4 Å². The van der Waals surface area contributed by atoms with Gasteiger partial charge in [-0.05, 0) is 53.4 Å². The van der Waals surface area contributed by atoms with Crippen molar-refractivity contribution in [3.63, 3.8) is 0 Å². The third-order valence-electron chi connectivity index (χ3n) is 9.76. The van der Waals surface area contributed by atoms with Crippen molar-refractivity contribution in [2.45, 2.75) is 31.1 Å². The summed E-state index contributed by atoms with van der Waals surface area (Å²) in [4.78, 5) is 20.2. The molecule has 0 radical (unpaired) electrons. The first-order valence-corrected chi connectivity index (χ1v) is 21.3. The summed E-state index contributed by atoms with van der Waals surface area (Å²) in [6.45, 7) is 10.4. The second-order valence-electron chi connectivity index (χ2n) is 14.8. The van der Waals surface area contributed by atoms with Gasteiger partial charge in [-0.1, -0.05) is 45.0 Å². The standard InChI is InChI=1S/C41H50N8O8S2/c1-41(2,3)27-23-33(39(56-6)34(24-27)47-58(51)52)46-40(50)45-32-12-13-35(31-10-8-7-9-30(31)32)57-29-15-16-43-38(26-29)44-28-11-14-37(36(25-28)55-5)59(53,54)48(4)21-22-49-19-17-42-18-20-49/h7-16,23-26,42,47H,17-22H2,1-6H3,(H,43,44)(H,51,52)(H2,45,46,50)/p-1. The highest BCUT2D eigenvalue weighted by atomic mass is 32.2. The van der Waals surface area contributed by atoms with E-state index in [4.69, 9.17) is 14.2 Å². The van der Waals surface area contributed by atoms with E-state index in [1.54, 1.807) is 61.8 Å². The number of amides is 2. The number of aromatic nitrogens is 1. The van der Waals surface area contributed by atoms with E-state index >= 15 is 0 Å². The zero-order valence-electron chi connectivity index (χ0n) is 33.7. The molecule has 59 heavy (non-hydrogen) atoms. The van der Waals surface area contributed by atoms with Gasteiger partial charge in [0.05, 0.1) is 31.3 Å². The van der Waals surface area contributed by atoms with Gasteiger partial charge in [-0.25, -0.2) is 18.2 Å². The van der Waals surface area contributed by atoms with Gasteiger partial charge in [-0.2, -0.15) is 4.31 Å². The number of nitrogens with one attached hydrogen (secondary N) is 5. The first kappa shape index (κ1) is 43.1. The molecule has 314 valence electrons. The summed E-state index contributed by atoms with van der Waals surface area (Å²) < 4.78 is 71.3. The summed E-state index contributed by atoms with van der Waals surface area (Å²) in [6, 6.07) is 21.9. The number of rotatable bonds is 15. The van der Waals surface area contributed by atoms with E-state index < -0.39 is 27.3 Å². The third kappa shape index (κ3) is 10.6. The molecule has 0 bridgehead atoms.